The first-order chi connectivity index (χ1) is 11.5. The van der Waals surface area contributed by atoms with E-state index in [0.29, 0.717) is 17.7 Å². The minimum Gasteiger partial charge on any atom is -0.508 e. The lowest BCUT2D eigenvalue weighted by Gasteiger charge is -2.59. The Morgan fingerprint density at radius 1 is 1.42 bits per heavy atom. The van der Waals surface area contributed by atoms with Crippen molar-refractivity contribution < 1.29 is 19.4 Å². The van der Waals surface area contributed by atoms with Crippen molar-refractivity contribution in [2.24, 2.45) is 5.92 Å². The van der Waals surface area contributed by atoms with Crippen molar-refractivity contribution in [3.63, 3.8) is 0 Å². The molecule has 3 unspecified atom stereocenters. The van der Waals surface area contributed by atoms with Gasteiger partial charge in [-0.05, 0) is 18.2 Å². The Balaban J connectivity index is 1.79. The lowest BCUT2D eigenvalue weighted by Crippen LogP contribution is -2.71. The zero-order valence-corrected chi connectivity index (χ0v) is 14.0. The molecule has 2 aliphatic carbocycles. The first-order valence-corrected chi connectivity index (χ1v) is 8.85. The number of likely N-dealkylation sites (N-methyl/N-ethyl adjacent to an activating group) is 1. The molecular formula is C20H24NO3+. The third kappa shape index (κ3) is 1.47. The number of phenolic OH excluding ortho intramolecular Hbond substituents is 1. The maximum absolute atomic E-state index is 10.6. The summed E-state index contributed by atoms with van der Waals surface area (Å²) in [6.45, 7) is 5.93. The highest BCUT2D eigenvalue weighted by atomic mass is 16.5. The van der Waals surface area contributed by atoms with Crippen molar-refractivity contribution >= 4 is 0 Å². The number of aliphatic hydroxyl groups excluding tert-OH is 1. The lowest BCUT2D eigenvalue weighted by molar-refractivity contribution is -0.938. The minimum absolute atomic E-state index is 0.195. The Morgan fingerprint density at radius 2 is 2.25 bits per heavy atom. The van der Waals surface area contributed by atoms with Crippen LogP contribution >= 0.6 is 0 Å². The van der Waals surface area contributed by atoms with E-state index < -0.39 is 6.10 Å². The Bertz CT molecular complexity index is 772. The van der Waals surface area contributed by atoms with Gasteiger partial charge in [-0.25, -0.2) is 0 Å². The smallest absolute Gasteiger partial charge is 0.139 e. The number of likely N-dealkylation sites (tertiary alicyclic amines) is 1. The second kappa shape index (κ2) is 4.44. The third-order valence-electron chi connectivity index (χ3n) is 7.11. The Hall–Kier alpha value is -1.78. The van der Waals surface area contributed by atoms with Crippen LogP contribution in [0, 0.1) is 5.92 Å². The second-order valence-corrected chi connectivity index (χ2v) is 8.11. The van der Waals surface area contributed by atoms with E-state index in [-0.39, 0.29) is 11.5 Å². The number of ether oxygens (including phenoxy) is 1. The highest BCUT2D eigenvalue weighted by Crippen LogP contribution is 2.62. The fraction of sp³-hybridized carbons (Fsp3) is 0.500. The fourth-order valence-electron chi connectivity index (χ4n) is 6.03. The summed E-state index contributed by atoms with van der Waals surface area (Å²) in [7, 11) is 2.30. The molecule has 0 radical (unpaired) electrons. The summed E-state index contributed by atoms with van der Waals surface area (Å²) in [6, 6.07) is 3.99. The summed E-state index contributed by atoms with van der Waals surface area (Å²) < 4.78 is 7.17. The van der Waals surface area contributed by atoms with Crippen molar-refractivity contribution in [3.05, 3.63) is 48.1 Å². The molecule has 4 aliphatic rings. The average Bonchev–Trinajstić information content (AvgIpc) is 2.90. The van der Waals surface area contributed by atoms with Crippen LogP contribution in [0.15, 0.2) is 36.9 Å². The topological polar surface area (TPSA) is 49.7 Å². The molecule has 1 fully saturated rings. The predicted octanol–water partition coefficient (Wildman–Crippen LogP) is 1.90. The summed E-state index contributed by atoms with van der Waals surface area (Å²) >= 11 is 0. The number of piperidine rings is 1. The molecule has 24 heavy (non-hydrogen) atoms. The van der Waals surface area contributed by atoms with E-state index in [2.05, 4.69) is 19.7 Å². The summed E-state index contributed by atoms with van der Waals surface area (Å²) in [5.74, 6) is 1.57. The molecule has 2 bridgehead atoms. The monoisotopic (exact) mass is 326 g/mol. The van der Waals surface area contributed by atoms with Gasteiger partial charge >= 0.3 is 0 Å². The number of rotatable bonds is 2. The predicted molar refractivity (Wildman–Crippen MR) is 91.1 cm³/mol. The van der Waals surface area contributed by atoms with Gasteiger partial charge in [-0.3, -0.25) is 0 Å². The van der Waals surface area contributed by atoms with Gasteiger partial charge in [0.15, 0.2) is 0 Å². The lowest BCUT2D eigenvalue weighted by atomic mass is 9.52. The van der Waals surface area contributed by atoms with E-state index in [1.807, 2.05) is 18.2 Å². The van der Waals surface area contributed by atoms with Crippen LogP contribution in [-0.2, 0) is 11.8 Å². The van der Waals surface area contributed by atoms with E-state index in [1.54, 1.807) is 6.07 Å². The number of quaternary nitrogens is 1. The van der Waals surface area contributed by atoms with Crippen molar-refractivity contribution in [2.45, 2.75) is 36.5 Å². The molecule has 2 heterocycles. The summed E-state index contributed by atoms with van der Waals surface area (Å²) in [4.78, 5) is 0. The van der Waals surface area contributed by atoms with Crippen LogP contribution < -0.4 is 4.74 Å². The molecule has 2 aliphatic heterocycles. The summed E-state index contributed by atoms with van der Waals surface area (Å²) in [5, 5.41) is 21.1. The molecule has 5 rings (SSSR count). The first-order valence-electron chi connectivity index (χ1n) is 8.85. The van der Waals surface area contributed by atoms with Crippen molar-refractivity contribution in [2.75, 3.05) is 20.1 Å². The molecule has 0 saturated carbocycles. The largest absolute Gasteiger partial charge is 0.508 e. The van der Waals surface area contributed by atoms with Gasteiger partial charge in [0.05, 0.1) is 25.6 Å². The van der Waals surface area contributed by atoms with Gasteiger partial charge in [0, 0.05) is 29.9 Å². The molecule has 4 heteroatoms. The SMILES string of the molecule is C=CC[N@@+]1(C)CC[C@@]23c4c5ccc(O)c4CC1C2C=C[C@H](O)C3O5. The van der Waals surface area contributed by atoms with Crippen LogP contribution in [0.1, 0.15) is 17.5 Å². The number of hydrogen-bond donors (Lipinski definition) is 2. The molecule has 126 valence electrons. The maximum atomic E-state index is 10.6. The zero-order chi connectivity index (χ0) is 16.7. The van der Waals surface area contributed by atoms with E-state index >= 15 is 0 Å². The Morgan fingerprint density at radius 3 is 3.04 bits per heavy atom. The standard InChI is InChI=1S/C20H23NO3/c1-3-9-21(2)10-8-20-13-4-5-16(23)19(20)24-17-7-6-15(22)12(18(17)20)11-14(13)21/h3-7,13-14,16,19,23H,1,8-11H2,2H3/p+1/t13?,14?,16-,19?,20-,21-/m0/s1. The molecule has 0 aromatic heterocycles. The van der Waals surface area contributed by atoms with Gasteiger partial charge in [0.25, 0.3) is 0 Å². The van der Waals surface area contributed by atoms with Crippen molar-refractivity contribution in [3.8, 4) is 11.5 Å². The van der Waals surface area contributed by atoms with Gasteiger partial charge in [-0.15, -0.1) is 0 Å². The number of nitrogens with zero attached hydrogens (tertiary/aromatic N) is 1. The van der Waals surface area contributed by atoms with E-state index in [9.17, 15) is 10.2 Å². The van der Waals surface area contributed by atoms with Crippen molar-refractivity contribution in [1.29, 1.82) is 0 Å². The van der Waals surface area contributed by atoms with Crippen LogP contribution in [0.2, 0.25) is 0 Å². The second-order valence-electron chi connectivity index (χ2n) is 8.11. The van der Waals surface area contributed by atoms with Crippen LogP contribution in [-0.4, -0.2) is 53.1 Å². The van der Waals surface area contributed by atoms with Crippen molar-refractivity contribution in [1.82, 2.24) is 0 Å². The van der Waals surface area contributed by atoms with Crippen LogP contribution in [0.5, 0.6) is 11.5 Å². The zero-order valence-electron chi connectivity index (χ0n) is 14.0. The van der Waals surface area contributed by atoms with E-state index in [1.165, 1.54) is 5.56 Å². The molecule has 2 N–H and O–H groups in total. The number of phenols is 1. The minimum atomic E-state index is -0.585. The Kier molecular flexibility index (Phi) is 2.69. The highest BCUT2D eigenvalue weighted by molar-refractivity contribution is 5.60. The average molecular weight is 326 g/mol. The molecule has 6 atom stereocenters. The highest BCUT2D eigenvalue weighted by Gasteiger charge is 2.67. The van der Waals surface area contributed by atoms with Gasteiger partial charge < -0.3 is 19.4 Å². The normalized spacial score (nSPS) is 43.9. The Labute approximate surface area is 142 Å². The molecule has 1 saturated heterocycles. The molecule has 0 amide bonds. The molecule has 1 spiro atoms. The first kappa shape index (κ1) is 14.6. The molecule has 1 aromatic carbocycles. The van der Waals surface area contributed by atoms with E-state index in [0.717, 1.165) is 41.7 Å². The van der Waals surface area contributed by atoms with Gasteiger partial charge in [-0.2, -0.15) is 0 Å². The van der Waals surface area contributed by atoms with Crippen LogP contribution in [0.3, 0.4) is 0 Å². The molecule has 1 aromatic rings. The van der Waals surface area contributed by atoms with Gasteiger partial charge in [0.2, 0.25) is 0 Å². The summed E-state index contributed by atoms with van der Waals surface area (Å²) in [5.41, 5.74) is 2.01. The van der Waals surface area contributed by atoms with Gasteiger partial charge in [0.1, 0.15) is 29.7 Å². The molecule has 4 nitrogen and oxygen atoms in total. The maximum Gasteiger partial charge on any atom is 0.139 e. The van der Waals surface area contributed by atoms with Gasteiger partial charge in [-0.1, -0.05) is 18.7 Å². The van der Waals surface area contributed by atoms with Crippen LogP contribution in [0.25, 0.3) is 0 Å². The van der Waals surface area contributed by atoms with Crippen LogP contribution in [0.4, 0.5) is 0 Å². The fourth-order valence-corrected chi connectivity index (χ4v) is 6.03. The number of benzene rings is 1. The quantitative estimate of drug-likeness (QED) is 0.645. The number of aromatic hydroxyl groups is 1. The molecular weight excluding hydrogens is 302 g/mol. The third-order valence-corrected chi connectivity index (χ3v) is 7.11. The number of aliphatic hydroxyl groups is 1. The number of hydrogen-bond acceptors (Lipinski definition) is 3. The van der Waals surface area contributed by atoms with E-state index in [4.69, 9.17) is 4.74 Å². The summed E-state index contributed by atoms with van der Waals surface area (Å²) in [6.07, 6.45) is 7.14.